The van der Waals surface area contributed by atoms with Gasteiger partial charge in [0.1, 0.15) is 0 Å². The van der Waals surface area contributed by atoms with E-state index in [1.807, 2.05) is 37.3 Å². The molecule has 1 heterocycles. The van der Waals surface area contributed by atoms with Crippen LogP contribution >= 0.6 is 0 Å². The Labute approximate surface area is 94.5 Å². The van der Waals surface area contributed by atoms with Crippen molar-refractivity contribution in [1.29, 1.82) is 0 Å². The van der Waals surface area contributed by atoms with Gasteiger partial charge in [-0.25, -0.2) is 0 Å². The lowest BCUT2D eigenvalue weighted by Crippen LogP contribution is -2.03. The van der Waals surface area contributed by atoms with Crippen LogP contribution in [0.5, 0.6) is 0 Å². The molecular formula is C12H14N4. The molecule has 0 saturated heterocycles. The van der Waals surface area contributed by atoms with Crippen molar-refractivity contribution in [1.82, 2.24) is 10.2 Å². The van der Waals surface area contributed by atoms with E-state index in [4.69, 9.17) is 5.73 Å². The molecule has 0 radical (unpaired) electrons. The summed E-state index contributed by atoms with van der Waals surface area (Å²) in [7, 11) is 0. The Bertz CT molecular complexity index is 468. The van der Waals surface area contributed by atoms with E-state index < -0.39 is 0 Å². The molecule has 0 bridgehead atoms. The van der Waals surface area contributed by atoms with Gasteiger partial charge in [-0.3, -0.25) is 0 Å². The molecule has 0 aliphatic rings. The minimum absolute atomic E-state index is 0.649. The summed E-state index contributed by atoms with van der Waals surface area (Å²) in [6.07, 6.45) is 1.66. The van der Waals surface area contributed by atoms with Crippen LogP contribution in [0, 0.1) is 6.92 Å². The molecule has 82 valence electrons. The number of nitrogens with one attached hydrogen (secondary N) is 1. The fourth-order valence-electron chi connectivity index (χ4n) is 1.37. The maximum absolute atomic E-state index is 5.82. The highest BCUT2D eigenvalue weighted by molar-refractivity contribution is 5.58. The SMILES string of the molecule is Cc1ccc(NCc2cccnn2)cc1N. The second kappa shape index (κ2) is 4.61. The minimum Gasteiger partial charge on any atom is -0.398 e. The smallest absolute Gasteiger partial charge is 0.0821 e. The van der Waals surface area contributed by atoms with Crippen LogP contribution in [0.1, 0.15) is 11.3 Å². The van der Waals surface area contributed by atoms with Crippen molar-refractivity contribution in [3.63, 3.8) is 0 Å². The van der Waals surface area contributed by atoms with Gasteiger partial charge in [-0.05, 0) is 36.8 Å². The van der Waals surface area contributed by atoms with Gasteiger partial charge in [-0.2, -0.15) is 10.2 Å². The van der Waals surface area contributed by atoms with Gasteiger partial charge in [-0.1, -0.05) is 6.07 Å². The Morgan fingerprint density at radius 2 is 2.19 bits per heavy atom. The lowest BCUT2D eigenvalue weighted by molar-refractivity contribution is 0.925. The summed E-state index contributed by atoms with van der Waals surface area (Å²) in [6, 6.07) is 9.72. The Kier molecular flexibility index (Phi) is 3.00. The molecule has 0 unspecified atom stereocenters. The third-order valence-corrected chi connectivity index (χ3v) is 2.38. The molecule has 2 aromatic rings. The summed E-state index contributed by atoms with van der Waals surface area (Å²) >= 11 is 0. The van der Waals surface area contributed by atoms with Gasteiger partial charge in [0.05, 0.1) is 12.2 Å². The van der Waals surface area contributed by atoms with Crippen molar-refractivity contribution in [3.8, 4) is 0 Å². The van der Waals surface area contributed by atoms with Crippen LogP contribution in [0.3, 0.4) is 0 Å². The van der Waals surface area contributed by atoms with Crippen LogP contribution in [0.25, 0.3) is 0 Å². The Hall–Kier alpha value is -2.10. The summed E-state index contributed by atoms with van der Waals surface area (Å²) in [4.78, 5) is 0. The minimum atomic E-state index is 0.649. The van der Waals surface area contributed by atoms with E-state index >= 15 is 0 Å². The molecular weight excluding hydrogens is 200 g/mol. The number of rotatable bonds is 3. The summed E-state index contributed by atoms with van der Waals surface area (Å²) in [5, 5.41) is 11.1. The first kappa shape index (κ1) is 10.4. The number of anilines is 2. The second-order valence-electron chi connectivity index (χ2n) is 3.64. The van der Waals surface area contributed by atoms with Crippen molar-refractivity contribution in [2.45, 2.75) is 13.5 Å². The number of nitrogen functional groups attached to an aromatic ring is 1. The summed E-state index contributed by atoms with van der Waals surface area (Å²) in [6.45, 7) is 2.64. The van der Waals surface area contributed by atoms with E-state index in [2.05, 4.69) is 15.5 Å². The average molecular weight is 214 g/mol. The van der Waals surface area contributed by atoms with Gasteiger partial charge in [0.2, 0.25) is 0 Å². The van der Waals surface area contributed by atoms with Crippen LogP contribution in [0.4, 0.5) is 11.4 Å². The number of nitrogens with zero attached hydrogens (tertiary/aromatic N) is 2. The fourth-order valence-corrected chi connectivity index (χ4v) is 1.37. The van der Waals surface area contributed by atoms with Crippen molar-refractivity contribution in [3.05, 3.63) is 47.8 Å². The third-order valence-electron chi connectivity index (χ3n) is 2.38. The highest BCUT2D eigenvalue weighted by atomic mass is 15.1. The Morgan fingerprint density at radius 3 is 2.88 bits per heavy atom. The number of nitrogens with two attached hydrogens (primary N) is 1. The predicted octanol–water partition coefficient (Wildman–Crippen LogP) is 1.98. The Morgan fingerprint density at radius 1 is 1.31 bits per heavy atom. The number of hydrogen-bond acceptors (Lipinski definition) is 4. The summed E-state index contributed by atoms with van der Waals surface area (Å²) in [5.41, 5.74) is 9.60. The van der Waals surface area contributed by atoms with Crippen molar-refractivity contribution in [2.24, 2.45) is 0 Å². The van der Waals surface area contributed by atoms with Gasteiger partial charge in [0.25, 0.3) is 0 Å². The molecule has 4 heteroatoms. The lowest BCUT2D eigenvalue weighted by Gasteiger charge is -2.07. The maximum Gasteiger partial charge on any atom is 0.0821 e. The topological polar surface area (TPSA) is 63.8 Å². The van der Waals surface area contributed by atoms with E-state index in [0.29, 0.717) is 6.54 Å². The highest BCUT2D eigenvalue weighted by Crippen LogP contribution is 2.17. The quantitative estimate of drug-likeness (QED) is 0.767. The van der Waals surface area contributed by atoms with Crippen LogP contribution in [0.15, 0.2) is 36.5 Å². The molecule has 1 aromatic heterocycles. The molecule has 0 aliphatic carbocycles. The van der Waals surface area contributed by atoms with E-state index in [-0.39, 0.29) is 0 Å². The van der Waals surface area contributed by atoms with E-state index in [9.17, 15) is 0 Å². The molecule has 2 rings (SSSR count). The zero-order valence-electron chi connectivity index (χ0n) is 9.14. The van der Waals surface area contributed by atoms with Crippen LogP contribution in [-0.4, -0.2) is 10.2 Å². The van der Waals surface area contributed by atoms with Gasteiger partial charge in [0.15, 0.2) is 0 Å². The van der Waals surface area contributed by atoms with E-state index in [1.165, 1.54) is 0 Å². The van der Waals surface area contributed by atoms with Gasteiger partial charge >= 0.3 is 0 Å². The molecule has 4 nitrogen and oxygen atoms in total. The normalized spacial score (nSPS) is 10.1. The molecule has 0 saturated carbocycles. The van der Waals surface area contributed by atoms with Crippen LogP contribution in [0.2, 0.25) is 0 Å². The van der Waals surface area contributed by atoms with Gasteiger partial charge in [0, 0.05) is 17.6 Å². The number of hydrogen-bond donors (Lipinski definition) is 2. The maximum atomic E-state index is 5.82. The van der Waals surface area contributed by atoms with Crippen molar-refractivity contribution < 1.29 is 0 Å². The molecule has 0 aliphatic heterocycles. The molecule has 0 fully saturated rings. The fraction of sp³-hybridized carbons (Fsp3) is 0.167. The van der Waals surface area contributed by atoms with Gasteiger partial charge in [-0.15, -0.1) is 0 Å². The molecule has 0 atom stereocenters. The summed E-state index contributed by atoms with van der Waals surface area (Å²) < 4.78 is 0. The third kappa shape index (κ3) is 2.48. The molecule has 16 heavy (non-hydrogen) atoms. The standard InChI is InChI=1S/C12H14N4/c1-9-4-5-10(7-12(9)13)14-8-11-3-2-6-15-16-11/h2-7,14H,8,13H2,1H3. The number of aromatic nitrogens is 2. The average Bonchev–Trinajstić information content (AvgIpc) is 2.32. The van der Waals surface area contributed by atoms with Crippen molar-refractivity contribution in [2.75, 3.05) is 11.1 Å². The molecule has 0 amide bonds. The number of benzene rings is 1. The first-order chi connectivity index (χ1) is 7.75. The van der Waals surface area contributed by atoms with Crippen molar-refractivity contribution >= 4 is 11.4 Å². The van der Waals surface area contributed by atoms with Gasteiger partial charge < -0.3 is 11.1 Å². The molecule has 0 spiro atoms. The Balaban J connectivity index is 2.03. The zero-order valence-corrected chi connectivity index (χ0v) is 9.14. The van der Waals surface area contributed by atoms with E-state index in [0.717, 1.165) is 22.6 Å². The van der Waals surface area contributed by atoms with Crippen LogP contribution < -0.4 is 11.1 Å². The summed E-state index contributed by atoms with van der Waals surface area (Å²) in [5.74, 6) is 0. The first-order valence-corrected chi connectivity index (χ1v) is 5.12. The van der Waals surface area contributed by atoms with Crippen LogP contribution in [-0.2, 0) is 6.54 Å². The molecule has 1 aromatic carbocycles. The lowest BCUT2D eigenvalue weighted by atomic mass is 10.2. The second-order valence-corrected chi connectivity index (χ2v) is 3.64. The highest BCUT2D eigenvalue weighted by Gasteiger charge is 1.97. The zero-order chi connectivity index (χ0) is 11.4. The monoisotopic (exact) mass is 214 g/mol. The largest absolute Gasteiger partial charge is 0.398 e. The number of aryl methyl sites for hydroxylation is 1. The van der Waals surface area contributed by atoms with E-state index in [1.54, 1.807) is 6.20 Å². The molecule has 3 N–H and O–H groups in total. The first-order valence-electron chi connectivity index (χ1n) is 5.12. The predicted molar refractivity (Wildman–Crippen MR) is 65.0 cm³/mol.